The SMILES string of the molecule is CCCC1(C(=O)O)CCCN1S(=O)(=O)c1ccc(Br)s1. The molecule has 1 N–H and O–H groups in total. The van der Waals surface area contributed by atoms with Gasteiger partial charge in [0.15, 0.2) is 0 Å². The summed E-state index contributed by atoms with van der Waals surface area (Å²) in [6.45, 7) is 2.14. The van der Waals surface area contributed by atoms with Gasteiger partial charge < -0.3 is 5.11 Å². The Balaban J connectivity index is 2.46. The molecule has 1 aliphatic heterocycles. The summed E-state index contributed by atoms with van der Waals surface area (Å²) in [6.07, 6.45) is 1.93. The molecule has 2 rings (SSSR count). The van der Waals surface area contributed by atoms with Crippen LogP contribution in [0.15, 0.2) is 20.1 Å². The van der Waals surface area contributed by atoms with Crippen molar-refractivity contribution in [2.75, 3.05) is 6.54 Å². The Morgan fingerprint density at radius 1 is 1.55 bits per heavy atom. The first-order valence-corrected chi connectivity index (χ1v) is 9.41. The fourth-order valence-electron chi connectivity index (χ4n) is 2.73. The second kappa shape index (κ2) is 5.75. The largest absolute Gasteiger partial charge is 0.480 e. The van der Waals surface area contributed by atoms with Crippen molar-refractivity contribution in [3.8, 4) is 0 Å². The first-order chi connectivity index (χ1) is 9.34. The van der Waals surface area contributed by atoms with Gasteiger partial charge in [-0.3, -0.25) is 4.79 Å². The predicted molar refractivity (Wildman–Crippen MR) is 80.4 cm³/mol. The number of hydrogen-bond donors (Lipinski definition) is 1. The molecule has 1 aliphatic rings. The van der Waals surface area contributed by atoms with E-state index < -0.39 is 21.5 Å². The van der Waals surface area contributed by atoms with Gasteiger partial charge in [-0.25, -0.2) is 8.42 Å². The van der Waals surface area contributed by atoms with E-state index in [0.29, 0.717) is 29.5 Å². The molecule has 0 aromatic carbocycles. The number of hydrogen-bond acceptors (Lipinski definition) is 4. The fourth-order valence-corrected chi connectivity index (χ4v) is 6.68. The Morgan fingerprint density at radius 2 is 2.25 bits per heavy atom. The van der Waals surface area contributed by atoms with Crippen molar-refractivity contribution in [1.29, 1.82) is 0 Å². The summed E-state index contributed by atoms with van der Waals surface area (Å²) in [5, 5.41) is 9.57. The zero-order chi connectivity index (χ0) is 15.0. The van der Waals surface area contributed by atoms with Gasteiger partial charge in [0.05, 0.1) is 3.79 Å². The number of thiophene rings is 1. The fraction of sp³-hybridized carbons (Fsp3) is 0.583. The number of carboxylic acids is 1. The van der Waals surface area contributed by atoms with Crippen LogP contribution in [-0.4, -0.2) is 35.9 Å². The molecule has 8 heteroatoms. The van der Waals surface area contributed by atoms with Crippen LogP contribution in [0.2, 0.25) is 0 Å². The molecule has 1 unspecified atom stereocenters. The highest BCUT2D eigenvalue weighted by Gasteiger charge is 2.52. The van der Waals surface area contributed by atoms with Crippen LogP contribution >= 0.6 is 27.3 Å². The van der Waals surface area contributed by atoms with Crippen LogP contribution in [0.5, 0.6) is 0 Å². The van der Waals surface area contributed by atoms with E-state index in [1.807, 2.05) is 6.92 Å². The van der Waals surface area contributed by atoms with Crippen LogP contribution in [0.25, 0.3) is 0 Å². The van der Waals surface area contributed by atoms with Crippen LogP contribution < -0.4 is 0 Å². The maximum atomic E-state index is 12.7. The average molecular weight is 382 g/mol. The summed E-state index contributed by atoms with van der Waals surface area (Å²) in [4.78, 5) is 11.7. The van der Waals surface area contributed by atoms with Gasteiger partial charge in [-0.2, -0.15) is 4.31 Å². The predicted octanol–water partition coefficient (Wildman–Crippen LogP) is 2.92. The lowest BCUT2D eigenvalue weighted by atomic mass is 9.92. The maximum Gasteiger partial charge on any atom is 0.325 e. The number of rotatable bonds is 5. The van der Waals surface area contributed by atoms with E-state index in [2.05, 4.69) is 15.9 Å². The third-order valence-corrected chi connectivity index (χ3v) is 7.64. The minimum Gasteiger partial charge on any atom is -0.480 e. The number of halogens is 1. The Kier molecular flexibility index (Phi) is 4.58. The summed E-state index contributed by atoms with van der Waals surface area (Å²) < 4.78 is 27.5. The number of carboxylic acid groups (broad SMARTS) is 1. The van der Waals surface area contributed by atoms with Gasteiger partial charge >= 0.3 is 5.97 Å². The van der Waals surface area contributed by atoms with Gasteiger partial charge in [0.1, 0.15) is 9.75 Å². The molecule has 1 aromatic heterocycles. The van der Waals surface area contributed by atoms with Gasteiger partial charge in [0.25, 0.3) is 10.0 Å². The molecule has 2 heterocycles. The maximum absolute atomic E-state index is 12.7. The second-order valence-electron chi connectivity index (χ2n) is 4.83. The highest BCUT2D eigenvalue weighted by atomic mass is 79.9. The van der Waals surface area contributed by atoms with Gasteiger partial charge in [-0.1, -0.05) is 13.3 Å². The molecule has 1 aromatic rings. The van der Waals surface area contributed by atoms with E-state index in [9.17, 15) is 18.3 Å². The third kappa shape index (κ3) is 2.54. The minimum absolute atomic E-state index is 0.188. The smallest absolute Gasteiger partial charge is 0.325 e. The minimum atomic E-state index is -3.75. The molecule has 0 aliphatic carbocycles. The summed E-state index contributed by atoms with van der Waals surface area (Å²) in [7, 11) is -3.75. The first-order valence-electron chi connectivity index (χ1n) is 6.36. The first kappa shape index (κ1) is 15.9. The van der Waals surface area contributed by atoms with Gasteiger partial charge in [-0.05, 0) is 47.3 Å². The zero-order valence-electron chi connectivity index (χ0n) is 11.0. The van der Waals surface area contributed by atoms with Crippen molar-refractivity contribution in [2.45, 2.75) is 42.4 Å². The van der Waals surface area contributed by atoms with Crippen molar-refractivity contribution in [3.63, 3.8) is 0 Å². The monoisotopic (exact) mass is 381 g/mol. The molecule has 0 saturated carbocycles. The van der Waals surface area contributed by atoms with Crippen molar-refractivity contribution in [1.82, 2.24) is 4.31 Å². The molecular weight excluding hydrogens is 366 g/mol. The zero-order valence-corrected chi connectivity index (χ0v) is 14.2. The Morgan fingerprint density at radius 3 is 2.75 bits per heavy atom. The summed E-state index contributed by atoms with van der Waals surface area (Å²) in [5.41, 5.74) is -1.29. The Bertz CT molecular complexity index is 613. The van der Waals surface area contributed by atoms with Gasteiger partial charge in [0.2, 0.25) is 0 Å². The molecule has 0 radical (unpaired) electrons. The normalized spacial score (nSPS) is 24.1. The van der Waals surface area contributed by atoms with Crippen LogP contribution in [-0.2, 0) is 14.8 Å². The van der Waals surface area contributed by atoms with Crippen LogP contribution in [0.1, 0.15) is 32.6 Å². The molecule has 1 saturated heterocycles. The number of nitrogens with zero attached hydrogens (tertiary/aromatic N) is 1. The molecule has 20 heavy (non-hydrogen) atoms. The van der Waals surface area contributed by atoms with E-state index in [0.717, 1.165) is 11.3 Å². The van der Waals surface area contributed by atoms with Crippen LogP contribution in [0, 0.1) is 0 Å². The quantitative estimate of drug-likeness (QED) is 0.850. The highest BCUT2D eigenvalue weighted by Crippen LogP contribution is 2.40. The molecular formula is C12H16BrNO4S2. The molecule has 1 atom stereocenters. The Hall–Kier alpha value is -0.440. The average Bonchev–Trinajstić information content (AvgIpc) is 2.97. The number of aliphatic carboxylic acids is 1. The summed E-state index contributed by atoms with van der Waals surface area (Å²) in [6, 6.07) is 3.18. The van der Waals surface area contributed by atoms with E-state index in [1.165, 1.54) is 10.4 Å². The van der Waals surface area contributed by atoms with E-state index in [-0.39, 0.29) is 10.8 Å². The molecule has 1 fully saturated rings. The van der Waals surface area contributed by atoms with Gasteiger partial charge in [-0.15, -0.1) is 11.3 Å². The lowest BCUT2D eigenvalue weighted by Gasteiger charge is -2.33. The van der Waals surface area contributed by atoms with E-state index >= 15 is 0 Å². The third-order valence-electron chi connectivity index (χ3n) is 3.58. The second-order valence-corrected chi connectivity index (χ2v) is 9.38. The topological polar surface area (TPSA) is 74.7 Å². The Labute approximate surface area is 130 Å². The van der Waals surface area contributed by atoms with Crippen molar-refractivity contribution >= 4 is 43.3 Å². The molecule has 0 bridgehead atoms. The standard InChI is InChI=1S/C12H16BrNO4S2/c1-2-6-12(11(15)16)7-3-8-14(12)20(17,18)10-5-4-9(13)19-10/h4-5H,2-3,6-8H2,1H3,(H,15,16). The van der Waals surface area contributed by atoms with Gasteiger partial charge in [0, 0.05) is 6.54 Å². The molecule has 0 amide bonds. The lowest BCUT2D eigenvalue weighted by molar-refractivity contribution is -0.147. The summed E-state index contributed by atoms with van der Waals surface area (Å²) >= 11 is 4.35. The number of carbonyl (C=O) groups is 1. The van der Waals surface area contributed by atoms with Crippen molar-refractivity contribution < 1.29 is 18.3 Å². The van der Waals surface area contributed by atoms with E-state index in [1.54, 1.807) is 6.07 Å². The lowest BCUT2D eigenvalue weighted by Crippen LogP contribution is -2.52. The molecule has 112 valence electrons. The van der Waals surface area contributed by atoms with Crippen molar-refractivity contribution in [3.05, 3.63) is 15.9 Å². The molecule has 5 nitrogen and oxygen atoms in total. The van der Waals surface area contributed by atoms with E-state index in [4.69, 9.17) is 0 Å². The summed E-state index contributed by atoms with van der Waals surface area (Å²) in [5.74, 6) is -1.05. The van der Waals surface area contributed by atoms with Crippen LogP contribution in [0.4, 0.5) is 0 Å². The van der Waals surface area contributed by atoms with Crippen molar-refractivity contribution in [2.24, 2.45) is 0 Å². The number of sulfonamides is 1. The highest BCUT2D eigenvalue weighted by molar-refractivity contribution is 9.11. The van der Waals surface area contributed by atoms with Crippen LogP contribution in [0.3, 0.4) is 0 Å². The molecule has 0 spiro atoms.